The van der Waals surface area contributed by atoms with E-state index in [1.54, 1.807) is 0 Å². The van der Waals surface area contributed by atoms with Gasteiger partial charge in [-0.1, -0.05) is 60.2 Å². The highest BCUT2D eigenvalue weighted by molar-refractivity contribution is 5.78. The van der Waals surface area contributed by atoms with Gasteiger partial charge in [0.15, 0.2) is 0 Å². The SMILES string of the molecule is Cc1ccc(C(NC(=O)CN2CCCN(Cc3ccccc3)CC2)C2CC2)cc1. The van der Waals surface area contributed by atoms with Crippen molar-refractivity contribution < 1.29 is 4.79 Å². The predicted octanol–water partition coefficient (Wildman–Crippen LogP) is 3.77. The van der Waals surface area contributed by atoms with Gasteiger partial charge in [-0.05, 0) is 56.3 Å². The second-order valence-electron chi connectivity index (χ2n) is 8.68. The molecule has 2 aromatic carbocycles. The van der Waals surface area contributed by atoms with Crippen molar-refractivity contribution in [2.75, 3.05) is 32.7 Å². The average Bonchev–Trinajstić information content (AvgIpc) is 3.57. The molecule has 4 heteroatoms. The van der Waals surface area contributed by atoms with Crippen molar-refractivity contribution >= 4 is 5.91 Å². The highest BCUT2D eigenvalue weighted by Crippen LogP contribution is 2.41. The lowest BCUT2D eigenvalue weighted by Gasteiger charge is -2.24. The van der Waals surface area contributed by atoms with Gasteiger partial charge >= 0.3 is 0 Å². The number of nitrogens with zero attached hydrogens (tertiary/aromatic N) is 2. The molecule has 0 bridgehead atoms. The van der Waals surface area contributed by atoms with E-state index in [9.17, 15) is 4.79 Å². The molecule has 1 N–H and O–H groups in total. The Morgan fingerprint density at radius 2 is 1.66 bits per heavy atom. The van der Waals surface area contributed by atoms with Crippen molar-refractivity contribution in [1.29, 1.82) is 0 Å². The normalized spacial score (nSPS) is 19.5. The maximum atomic E-state index is 12.8. The maximum absolute atomic E-state index is 12.8. The van der Waals surface area contributed by atoms with Gasteiger partial charge in [-0.3, -0.25) is 14.6 Å². The lowest BCUT2D eigenvalue weighted by molar-refractivity contribution is -0.123. The topological polar surface area (TPSA) is 35.6 Å². The molecule has 1 amide bonds. The molecule has 1 aliphatic carbocycles. The Morgan fingerprint density at radius 1 is 0.966 bits per heavy atom. The first-order chi connectivity index (χ1) is 14.2. The van der Waals surface area contributed by atoms with E-state index in [1.165, 1.54) is 29.5 Å². The Bertz CT molecular complexity index is 785. The van der Waals surface area contributed by atoms with Crippen LogP contribution in [0, 0.1) is 12.8 Å². The molecule has 2 fully saturated rings. The Labute approximate surface area is 174 Å². The minimum Gasteiger partial charge on any atom is -0.348 e. The molecule has 1 atom stereocenters. The number of rotatable bonds is 7. The molecule has 2 aliphatic rings. The summed E-state index contributed by atoms with van der Waals surface area (Å²) < 4.78 is 0. The third-order valence-corrected chi connectivity index (χ3v) is 6.14. The second-order valence-corrected chi connectivity index (χ2v) is 8.68. The van der Waals surface area contributed by atoms with E-state index in [0.29, 0.717) is 12.5 Å². The standard InChI is InChI=1S/C25H33N3O/c1-20-8-10-22(11-9-20)25(23-12-13-23)26-24(29)19-28-15-5-14-27(16-17-28)18-21-6-3-2-4-7-21/h2-4,6-11,23,25H,5,12-19H2,1H3,(H,26,29). The molecule has 0 radical (unpaired) electrons. The van der Waals surface area contributed by atoms with Gasteiger partial charge in [0.2, 0.25) is 5.91 Å². The molecule has 154 valence electrons. The Morgan fingerprint density at radius 3 is 2.38 bits per heavy atom. The minimum absolute atomic E-state index is 0.166. The van der Waals surface area contributed by atoms with Crippen molar-refractivity contribution in [2.24, 2.45) is 5.92 Å². The number of carbonyl (C=O) groups excluding carboxylic acids is 1. The van der Waals surface area contributed by atoms with E-state index in [4.69, 9.17) is 0 Å². The summed E-state index contributed by atoms with van der Waals surface area (Å²) >= 11 is 0. The fourth-order valence-electron chi connectivity index (χ4n) is 4.28. The lowest BCUT2D eigenvalue weighted by Crippen LogP contribution is -2.41. The van der Waals surface area contributed by atoms with Crippen LogP contribution >= 0.6 is 0 Å². The zero-order valence-corrected chi connectivity index (χ0v) is 17.5. The number of benzene rings is 2. The monoisotopic (exact) mass is 391 g/mol. The molecule has 4 rings (SSSR count). The van der Waals surface area contributed by atoms with Crippen LogP contribution in [0.15, 0.2) is 54.6 Å². The van der Waals surface area contributed by atoms with Gasteiger partial charge < -0.3 is 5.32 Å². The molecule has 1 heterocycles. The molecule has 1 saturated carbocycles. The van der Waals surface area contributed by atoms with E-state index >= 15 is 0 Å². The van der Waals surface area contributed by atoms with Crippen molar-refractivity contribution in [3.63, 3.8) is 0 Å². The molecule has 29 heavy (non-hydrogen) atoms. The Kier molecular flexibility index (Phi) is 6.63. The van der Waals surface area contributed by atoms with E-state index in [0.717, 1.165) is 39.1 Å². The first kappa shape index (κ1) is 20.1. The van der Waals surface area contributed by atoms with Gasteiger partial charge in [-0.2, -0.15) is 0 Å². The third-order valence-electron chi connectivity index (χ3n) is 6.14. The molecule has 0 spiro atoms. The molecular formula is C25H33N3O. The van der Waals surface area contributed by atoms with E-state index < -0.39 is 0 Å². The van der Waals surface area contributed by atoms with Gasteiger partial charge in [0, 0.05) is 19.6 Å². The van der Waals surface area contributed by atoms with Crippen molar-refractivity contribution in [1.82, 2.24) is 15.1 Å². The fourth-order valence-corrected chi connectivity index (χ4v) is 4.28. The number of amides is 1. The summed E-state index contributed by atoms with van der Waals surface area (Å²) in [6, 6.07) is 19.5. The third kappa shape index (κ3) is 5.91. The van der Waals surface area contributed by atoms with Crippen LogP contribution in [0.25, 0.3) is 0 Å². The predicted molar refractivity (Wildman–Crippen MR) is 118 cm³/mol. The fraction of sp³-hybridized carbons (Fsp3) is 0.480. The maximum Gasteiger partial charge on any atom is 0.234 e. The zero-order valence-electron chi connectivity index (χ0n) is 17.5. The number of nitrogens with one attached hydrogen (secondary N) is 1. The van der Waals surface area contributed by atoms with Crippen LogP contribution in [0.1, 0.15) is 42.0 Å². The lowest BCUT2D eigenvalue weighted by atomic mass is 10.0. The largest absolute Gasteiger partial charge is 0.348 e. The van der Waals surface area contributed by atoms with E-state index in [-0.39, 0.29) is 11.9 Å². The van der Waals surface area contributed by atoms with E-state index in [1.807, 2.05) is 0 Å². The summed E-state index contributed by atoms with van der Waals surface area (Å²) in [5, 5.41) is 3.34. The number of aryl methyl sites for hydroxylation is 1. The second kappa shape index (κ2) is 9.55. The highest BCUT2D eigenvalue weighted by atomic mass is 16.2. The van der Waals surface area contributed by atoms with Crippen LogP contribution in [0.5, 0.6) is 0 Å². The molecule has 0 aromatic heterocycles. The van der Waals surface area contributed by atoms with E-state index in [2.05, 4.69) is 76.6 Å². The van der Waals surface area contributed by atoms with Gasteiger partial charge in [-0.25, -0.2) is 0 Å². The van der Waals surface area contributed by atoms with Crippen molar-refractivity contribution in [3.8, 4) is 0 Å². The highest BCUT2D eigenvalue weighted by Gasteiger charge is 2.33. The van der Waals surface area contributed by atoms with Crippen LogP contribution in [0.3, 0.4) is 0 Å². The van der Waals surface area contributed by atoms with Gasteiger partial charge in [0.25, 0.3) is 0 Å². The summed E-state index contributed by atoms with van der Waals surface area (Å²) in [7, 11) is 0. The van der Waals surface area contributed by atoms with Gasteiger partial charge in [0.1, 0.15) is 0 Å². The Balaban J connectivity index is 1.28. The first-order valence-electron chi connectivity index (χ1n) is 11.0. The number of hydrogen-bond acceptors (Lipinski definition) is 3. The zero-order chi connectivity index (χ0) is 20.1. The summed E-state index contributed by atoms with van der Waals surface area (Å²) in [4.78, 5) is 17.6. The van der Waals surface area contributed by atoms with Gasteiger partial charge in [-0.15, -0.1) is 0 Å². The number of hydrogen-bond donors (Lipinski definition) is 1. The van der Waals surface area contributed by atoms with Crippen LogP contribution < -0.4 is 5.32 Å². The average molecular weight is 392 g/mol. The van der Waals surface area contributed by atoms with Crippen LogP contribution in [-0.4, -0.2) is 48.4 Å². The number of carbonyl (C=O) groups is 1. The quantitative estimate of drug-likeness (QED) is 0.780. The van der Waals surface area contributed by atoms with Crippen LogP contribution in [0.2, 0.25) is 0 Å². The van der Waals surface area contributed by atoms with Crippen LogP contribution in [-0.2, 0) is 11.3 Å². The smallest absolute Gasteiger partial charge is 0.234 e. The molecule has 4 nitrogen and oxygen atoms in total. The molecule has 1 aliphatic heterocycles. The summed E-state index contributed by atoms with van der Waals surface area (Å²) in [6.07, 6.45) is 3.55. The van der Waals surface area contributed by atoms with Crippen molar-refractivity contribution in [2.45, 2.75) is 38.8 Å². The van der Waals surface area contributed by atoms with Gasteiger partial charge in [0.05, 0.1) is 12.6 Å². The first-order valence-corrected chi connectivity index (χ1v) is 11.0. The molecular weight excluding hydrogens is 358 g/mol. The summed E-state index contributed by atoms with van der Waals surface area (Å²) in [5.74, 6) is 0.770. The minimum atomic E-state index is 0.166. The van der Waals surface area contributed by atoms with Crippen molar-refractivity contribution in [3.05, 3.63) is 71.3 Å². The summed E-state index contributed by atoms with van der Waals surface area (Å²) in [5.41, 5.74) is 3.87. The Hall–Kier alpha value is -2.17. The molecule has 1 unspecified atom stereocenters. The molecule has 1 saturated heterocycles. The summed E-state index contributed by atoms with van der Waals surface area (Å²) in [6.45, 7) is 7.69. The molecule has 2 aromatic rings. The van der Waals surface area contributed by atoms with Crippen LogP contribution in [0.4, 0.5) is 0 Å².